The average molecular weight is 402 g/mol. The van der Waals surface area contributed by atoms with E-state index < -0.39 is 10.8 Å². The fourth-order valence-electron chi connectivity index (χ4n) is 2.39. The number of halogens is 1. The average Bonchev–Trinajstić information content (AvgIpc) is 2.62. The van der Waals surface area contributed by atoms with Crippen molar-refractivity contribution in [3.63, 3.8) is 0 Å². The molecular formula is C19H16ClN3O3S. The second-order valence-corrected chi connectivity index (χ2v) is 7.46. The van der Waals surface area contributed by atoms with E-state index in [-0.39, 0.29) is 22.5 Å². The van der Waals surface area contributed by atoms with E-state index in [1.165, 1.54) is 0 Å². The van der Waals surface area contributed by atoms with Crippen molar-refractivity contribution in [1.82, 2.24) is 9.97 Å². The van der Waals surface area contributed by atoms with Crippen molar-refractivity contribution in [2.45, 2.75) is 17.3 Å². The third-order valence-corrected chi connectivity index (χ3v) is 4.91. The highest BCUT2D eigenvalue weighted by Gasteiger charge is 2.19. The van der Waals surface area contributed by atoms with Gasteiger partial charge in [-0.2, -0.15) is 4.98 Å². The van der Waals surface area contributed by atoms with Crippen LogP contribution in [0.15, 0.2) is 64.5 Å². The normalized spacial score (nSPS) is 11.8. The number of rotatable bonds is 5. The summed E-state index contributed by atoms with van der Waals surface area (Å²) in [6.45, 7) is 1.67. The number of H-pyrrole nitrogens is 1. The number of carbonyl (C=O) groups is 1. The third-order valence-electron chi connectivity index (χ3n) is 3.69. The number of aromatic hydroxyl groups is 1. The summed E-state index contributed by atoms with van der Waals surface area (Å²) in [5.74, 6) is -0.661. The van der Waals surface area contributed by atoms with Gasteiger partial charge in [0.25, 0.3) is 5.56 Å². The zero-order valence-electron chi connectivity index (χ0n) is 14.3. The molecule has 1 unspecified atom stereocenters. The van der Waals surface area contributed by atoms with Crippen LogP contribution in [0, 0.1) is 0 Å². The van der Waals surface area contributed by atoms with E-state index in [4.69, 9.17) is 11.6 Å². The van der Waals surface area contributed by atoms with Gasteiger partial charge in [0, 0.05) is 10.7 Å². The van der Waals surface area contributed by atoms with Gasteiger partial charge in [-0.3, -0.25) is 9.59 Å². The molecule has 0 aliphatic heterocycles. The molecule has 1 aromatic heterocycles. The minimum Gasteiger partial charge on any atom is -0.493 e. The number of hydrogen-bond donors (Lipinski definition) is 3. The Balaban J connectivity index is 1.75. The maximum absolute atomic E-state index is 12.4. The summed E-state index contributed by atoms with van der Waals surface area (Å²) in [5, 5.41) is 13.0. The molecule has 3 rings (SSSR count). The summed E-state index contributed by atoms with van der Waals surface area (Å²) in [5.41, 5.74) is 0.755. The molecule has 138 valence electrons. The number of aromatic amines is 1. The zero-order valence-corrected chi connectivity index (χ0v) is 15.8. The van der Waals surface area contributed by atoms with Gasteiger partial charge in [0.1, 0.15) is 5.56 Å². The molecule has 2 aromatic carbocycles. The van der Waals surface area contributed by atoms with Crippen molar-refractivity contribution in [2.24, 2.45) is 0 Å². The topological polar surface area (TPSA) is 95.1 Å². The van der Waals surface area contributed by atoms with Crippen LogP contribution in [0.25, 0.3) is 11.1 Å². The van der Waals surface area contributed by atoms with Crippen LogP contribution in [0.2, 0.25) is 5.02 Å². The van der Waals surface area contributed by atoms with Gasteiger partial charge >= 0.3 is 0 Å². The van der Waals surface area contributed by atoms with Gasteiger partial charge < -0.3 is 15.4 Å². The van der Waals surface area contributed by atoms with Crippen LogP contribution >= 0.6 is 23.4 Å². The molecule has 8 heteroatoms. The van der Waals surface area contributed by atoms with Crippen molar-refractivity contribution >= 4 is 35.0 Å². The van der Waals surface area contributed by atoms with Crippen molar-refractivity contribution in [2.75, 3.05) is 5.32 Å². The predicted octanol–water partition coefficient (Wildman–Crippen LogP) is 3.92. The lowest BCUT2D eigenvalue weighted by molar-refractivity contribution is -0.115. The van der Waals surface area contributed by atoms with Crippen LogP contribution in [0.5, 0.6) is 5.88 Å². The number of carbonyl (C=O) groups excluding carboxylic acids is 1. The number of anilines is 1. The largest absolute Gasteiger partial charge is 0.493 e. The van der Waals surface area contributed by atoms with E-state index in [0.717, 1.165) is 11.8 Å². The predicted molar refractivity (Wildman–Crippen MR) is 107 cm³/mol. The first kappa shape index (κ1) is 19.0. The van der Waals surface area contributed by atoms with Crippen LogP contribution in [-0.2, 0) is 4.79 Å². The number of nitrogens with zero attached hydrogens (tertiary/aromatic N) is 1. The highest BCUT2D eigenvalue weighted by molar-refractivity contribution is 8.00. The van der Waals surface area contributed by atoms with E-state index in [1.54, 1.807) is 55.5 Å². The Morgan fingerprint density at radius 2 is 1.96 bits per heavy atom. The summed E-state index contributed by atoms with van der Waals surface area (Å²) in [7, 11) is 0. The number of hydrogen-bond acceptors (Lipinski definition) is 5. The van der Waals surface area contributed by atoms with Crippen LogP contribution < -0.4 is 10.9 Å². The molecule has 6 nitrogen and oxygen atoms in total. The Hall–Kier alpha value is -2.77. The standard InChI is InChI=1S/C19H16ClN3O3S/c1-11(16(24)21-14-9-5-8-13(20)10-14)27-19-22-17(25)15(18(26)23-19)12-6-3-2-4-7-12/h2-11H,1H3,(H,21,24)(H2,22,23,25,26). The number of nitrogens with one attached hydrogen (secondary N) is 2. The van der Waals surface area contributed by atoms with E-state index in [2.05, 4.69) is 15.3 Å². The molecule has 1 atom stereocenters. The molecule has 0 fully saturated rings. The van der Waals surface area contributed by atoms with Crippen molar-refractivity contribution in [3.05, 3.63) is 70.0 Å². The van der Waals surface area contributed by atoms with Gasteiger partial charge in [0.05, 0.1) is 5.25 Å². The molecule has 0 radical (unpaired) electrons. The van der Waals surface area contributed by atoms with Crippen molar-refractivity contribution in [1.29, 1.82) is 0 Å². The Labute approximate surface area is 164 Å². The van der Waals surface area contributed by atoms with Gasteiger partial charge in [0.15, 0.2) is 5.16 Å². The van der Waals surface area contributed by atoms with Crippen molar-refractivity contribution < 1.29 is 9.90 Å². The van der Waals surface area contributed by atoms with E-state index >= 15 is 0 Å². The molecule has 3 N–H and O–H groups in total. The smallest absolute Gasteiger partial charge is 0.263 e. The van der Waals surface area contributed by atoms with Crippen LogP contribution in [0.3, 0.4) is 0 Å². The molecule has 0 bridgehead atoms. The van der Waals surface area contributed by atoms with E-state index in [0.29, 0.717) is 16.3 Å². The zero-order chi connectivity index (χ0) is 19.4. The molecule has 0 aliphatic carbocycles. The summed E-state index contributed by atoms with van der Waals surface area (Å²) in [6, 6.07) is 15.6. The molecular weight excluding hydrogens is 386 g/mol. The molecule has 1 amide bonds. The molecule has 0 aliphatic rings. The van der Waals surface area contributed by atoms with Crippen LogP contribution in [-0.4, -0.2) is 26.2 Å². The van der Waals surface area contributed by atoms with Crippen LogP contribution in [0.4, 0.5) is 5.69 Å². The minimum atomic E-state index is -0.561. The Bertz CT molecular complexity index is 1020. The van der Waals surface area contributed by atoms with Crippen LogP contribution in [0.1, 0.15) is 6.92 Å². The minimum absolute atomic E-state index is 0.0935. The first-order valence-corrected chi connectivity index (χ1v) is 9.31. The molecule has 1 heterocycles. The molecule has 0 saturated carbocycles. The van der Waals surface area contributed by atoms with Gasteiger partial charge in [0.2, 0.25) is 11.8 Å². The molecule has 3 aromatic rings. The Morgan fingerprint density at radius 1 is 1.22 bits per heavy atom. The number of thioether (sulfide) groups is 1. The lowest BCUT2D eigenvalue weighted by Gasteiger charge is -2.12. The van der Waals surface area contributed by atoms with Gasteiger partial charge in [-0.25, -0.2) is 0 Å². The number of aromatic nitrogens is 2. The van der Waals surface area contributed by atoms with E-state index in [1.807, 2.05) is 6.07 Å². The Morgan fingerprint density at radius 3 is 2.63 bits per heavy atom. The lowest BCUT2D eigenvalue weighted by atomic mass is 10.1. The van der Waals surface area contributed by atoms with Gasteiger partial charge in [-0.1, -0.05) is 59.8 Å². The second-order valence-electron chi connectivity index (χ2n) is 5.70. The summed E-state index contributed by atoms with van der Waals surface area (Å²) in [4.78, 5) is 31.3. The lowest BCUT2D eigenvalue weighted by Crippen LogP contribution is -2.23. The summed E-state index contributed by atoms with van der Waals surface area (Å²) >= 11 is 6.94. The number of amides is 1. The molecule has 0 saturated heterocycles. The molecule has 27 heavy (non-hydrogen) atoms. The second kappa shape index (κ2) is 8.28. The first-order chi connectivity index (χ1) is 12.9. The molecule has 0 spiro atoms. The summed E-state index contributed by atoms with van der Waals surface area (Å²) < 4.78 is 0. The van der Waals surface area contributed by atoms with Crippen molar-refractivity contribution in [3.8, 4) is 17.0 Å². The number of benzene rings is 2. The van der Waals surface area contributed by atoms with Gasteiger partial charge in [-0.15, -0.1) is 0 Å². The van der Waals surface area contributed by atoms with E-state index in [9.17, 15) is 14.7 Å². The highest BCUT2D eigenvalue weighted by Crippen LogP contribution is 2.27. The monoisotopic (exact) mass is 401 g/mol. The first-order valence-electron chi connectivity index (χ1n) is 8.06. The fourth-order valence-corrected chi connectivity index (χ4v) is 3.38. The Kier molecular flexibility index (Phi) is 5.83. The quantitative estimate of drug-likeness (QED) is 0.445. The maximum atomic E-state index is 12.4. The highest BCUT2D eigenvalue weighted by atomic mass is 35.5. The summed E-state index contributed by atoms with van der Waals surface area (Å²) in [6.07, 6.45) is 0. The maximum Gasteiger partial charge on any atom is 0.263 e. The van der Waals surface area contributed by atoms with Gasteiger partial charge in [-0.05, 0) is 30.7 Å². The SMILES string of the molecule is CC(Sc1nc(O)c(-c2ccccc2)c(=O)[nH]1)C(=O)Nc1cccc(Cl)c1. The fraction of sp³-hybridized carbons (Fsp3) is 0.105. The third kappa shape index (κ3) is 4.69.